The SMILES string of the molecule is C=CCC(NC)c1ccc(Cl)cn1. The molecular formula is C10H13ClN2. The van der Waals surface area contributed by atoms with Crippen molar-refractivity contribution in [2.24, 2.45) is 0 Å². The maximum absolute atomic E-state index is 5.73. The first-order valence-corrected chi connectivity index (χ1v) is 4.55. The molecule has 0 saturated carbocycles. The van der Waals surface area contributed by atoms with E-state index >= 15 is 0 Å². The first kappa shape index (κ1) is 10.2. The molecular weight excluding hydrogens is 184 g/mol. The summed E-state index contributed by atoms with van der Waals surface area (Å²) in [6.45, 7) is 3.70. The molecule has 1 aromatic rings. The van der Waals surface area contributed by atoms with Gasteiger partial charge in [0.15, 0.2) is 0 Å². The van der Waals surface area contributed by atoms with Gasteiger partial charge in [-0.25, -0.2) is 0 Å². The maximum atomic E-state index is 5.73. The molecule has 0 aliphatic heterocycles. The largest absolute Gasteiger partial charge is 0.311 e. The molecule has 0 bridgehead atoms. The standard InChI is InChI=1S/C10H13ClN2/c1-3-4-9(12-2)10-6-5-8(11)7-13-10/h3,5-7,9,12H,1,4H2,2H3. The van der Waals surface area contributed by atoms with Crippen molar-refractivity contribution in [3.05, 3.63) is 41.7 Å². The Kier molecular flexibility index (Phi) is 3.93. The molecule has 1 atom stereocenters. The zero-order chi connectivity index (χ0) is 9.68. The third-order valence-corrected chi connectivity index (χ3v) is 2.08. The van der Waals surface area contributed by atoms with E-state index in [4.69, 9.17) is 11.6 Å². The number of halogens is 1. The Labute approximate surface area is 83.6 Å². The number of aromatic nitrogens is 1. The number of rotatable bonds is 4. The molecule has 1 aromatic heterocycles. The van der Waals surface area contributed by atoms with Gasteiger partial charge in [0, 0.05) is 6.20 Å². The monoisotopic (exact) mass is 196 g/mol. The first-order chi connectivity index (χ1) is 6.27. The number of hydrogen-bond donors (Lipinski definition) is 1. The van der Waals surface area contributed by atoms with Gasteiger partial charge >= 0.3 is 0 Å². The molecule has 1 heterocycles. The minimum absolute atomic E-state index is 0.231. The molecule has 0 fully saturated rings. The van der Waals surface area contributed by atoms with Crippen LogP contribution in [0.3, 0.4) is 0 Å². The fourth-order valence-electron chi connectivity index (χ4n) is 1.15. The smallest absolute Gasteiger partial charge is 0.0589 e. The molecule has 1 unspecified atom stereocenters. The highest BCUT2D eigenvalue weighted by Crippen LogP contribution is 2.15. The van der Waals surface area contributed by atoms with Crippen molar-refractivity contribution in [3.8, 4) is 0 Å². The molecule has 0 aliphatic rings. The van der Waals surface area contributed by atoms with Crippen LogP contribution in [0.5, 0.6) is 0 Å². The van der Waals surface area contributed by atoms with Crippen LogP contribution in [0.1, 0.15) is 18.2 Å². The van der Waals surface area contributed by atoms with Gasteiger partial charge in [0.2, 0.25) is 0 Å². The molecule has 0 saturated heterocycles. The lowest BCUT2D eigenvalue weighted by atomic mass is 10.1. The van der Waals surface area contributed by atoms with Crippen molar-refractivity contribution in [1.82, 2.24) is 10.3 Å². The average Bonchev–Trinajstić information content (AvgIpc) is 2.16. The molecule has 70 valence electrons. The van der Waals surface area contributed by atoms with Crippen LogP contribution in [0.15, 0.2) is 31.0 Å². The van der Waals surface area contributed by atoms with Crippen molar-refractivity contribution >= 4 is 11.6 Å². The van der Waals surface area contributed by atoms with E-state index in [1.54, 1.807) is 6.20 Å². The predicted octanol–water partition coefficient (Wildman–Crippen LogP) is 2.57. The van der Waals surface area contributed by atoms with Crippen LogP contribution in [-0.4, -0.2) is 12.0 Å². The topological polar surface area (TPSA) is 24.9 Å². The van der Waals surface area contributed by atoms with E-state index in [-0.39, 0.29) is 6.04 Å². The maximum Gasteiger partial charge on any atom is 0.0589 e. The lowest BCUT2D eigenvalue weighted by molar-refractivity contribution is 0.587. The zero-order valence-corrected chi connectivity index (χ0v) is 8.38. The second-order valence-electron chi connectivity index (χ2n) is 2.77. The summed E-state index contributed by atoms with van der Waals surface area (Å²) in [5.41, 5.74) is 0.992. The second kappa shape index (κ2) is 5.00. The predicted molar refractivity (Wildman–Crippen MR) is 55.9 cm³/mol. The third kappa shape index (κ3) is 2.83. The highest BCUT2D eigenvalue weighted by Gasteiger charge is 2.07. The minimum Gasteiger partial charge on any atom is -0.311 e. The molecule has 1 rings (SSSR count). The quantitative estimate of drug-likeness (QED) is 0.749. The van der Waals surface area contributed by atoms with Gasteiger partial charge in [0.25, 0.3) is 0 Å². The summed E-state index contributed by atoms with van der Waals surface area (Å²) in [4.78, 5) is 4.23. The molecule has 3 heteroatoms. The zero-order valence-electron chi connectivity index (χ0n) is 7.63. The second-order valence-corrected chi connectivity index (χ2v) is 3.20. The van der Waals surface area contributed by atoms with Crippen molar-refractivity contribution in [2.45, 2.75) is 12.5 Å². The van der Waals surface area contributed by atoms with Gasteiger partial charge in [0.1, 0.15) is 0 Å². The van der Waals surface area contributed by atoms with Gasteiger partial charge in [-0.1, -0.05) is 17.7 Å². The molecule has 0 radical (unpaired) electrons. The Bertz CT molecular complexity index is 269. The van der Waals surface area contributed by atoms with E-state index < -0.39 is 0 Å². The number of hydrogen-bond acceptors (Lipinski definition) is 2. The highest BCUT2D eigenvalue weighted by atomic mass is 35.5. The van der Waals surface area contributed by atoms with E-state index in [9.17, 15) is 0 Å². The van der Waals surface area contributed by atoms with Crippen LogP contribution >= 0.6 is 11.6 Å². The summed E-state index contributed by atoms with van der Waals surface area (Å²) in [6.07, 6.45) is 4.40. The van der Waals surface area contributed by atoms with Gasteiger partial charge in [-0.2, -0.15) is 0 Å². The Hall–Kier alpha value is -0.860. The average molecular weight is 197 g/mol. The molecule has 13 heavy (non-hydrogen) atoms. The summed E-state index contributed by atoms with van der Waals surface area (Å²) in [5, 5.41) is 3.83. The van der Waals surface area contributed by atoms with Crippen molar-refractivity contribution in [1.29, 1.82) is 0 Å². The summed E-state index contributed by atoms with van der Waals surface area (Å²) in [6, 6.07) is 4.00. The highest BCUT2D eigenvalue weighted by molar-refractivity contribution is 6.30. The van der Waals surface area contributed by atoms with Crippen LogP contribution < -0.4 is 5.32 Å². The summed E-state index contributed by atoms with van der Waals surface area (Å²) < 4.78 is 0. The summed E-state index contributed by atoms with van der Waals surface area (Å²) >= 11 is 5.73. The van der Waals surface area contributed by atoms with Crippen molar-refractivity contribution in [3.63, 3.8) is 0 Å². The molecule has 0 spiro atoms. The summed E-state index contributed by atoms with van der Waals surface area (Å²) in [5.74, 6) is 0. The Morgan fingerprint density at radius 2 is 2.46 bits per heavy atom. The number of nitrogens with zero attached hydrogens (tertiary/aromatic N) is 1. The van der Waals surface area contributed by atoms with Crippen molar-refractivity contribution in [2.75, 3.05) is 7.05 Å². The molecule has 1 N–H and O–H groups in total. The molecule has 2 nitrogen and oxygen atoms in total. The fraction of sp³-hybridized carbons (Fsp3) is 0.300. The van der Waals surface area contributed by atoms with E-state index in [2.05, 4.69) is 16.9 Å². The van der Waals surface area contributed by atoms with Gasteiger partial charge < -0.3 is 5.32 Å². The van der Waals surface area contributed by atoms with Gasteiger partial charge in [-0.3, -0.25) is 4.98 Å². The van der Waals surface area contributed by atoms with Gasteiger partial charge in [0.05, 0.1) is 16.8 Å². The fourth-order valence-corrected chi connectivity index (χ4v) is 1.26. The third-order valence-electron chi connectivity index (χ3n) is 1.86. The van der Waals surface area contributed by atoms with Crippen LogP contribution in [0, 0.1) is 0 Å². The Morgan fingerprint density at radius 1 is 1.69 bits per heavy atom. The van der Waals surface area contributed by atoms with Crippen molar-refractivity contribution < 1.29 is 0 Å². The molecule has 0 amide bonds. The van der Waals surface area contributed by atoms with Gasteiger partial charge in [-0.05, 0) is 25.6 Å². The normalized spacial score (nSPS) is 12.5. The molecule has 0 aromatic carbocycles. The van der Waals surface area contributed by atoms with Gasteiger partial charge in [-0.15, -0.1) is 6.58 Å². The van der Waals surface area contributed by atoms with Crippen LogP contribution in [0.4, 0.5) is 0 Å². The van der Waals surface area contributed by atoms with Crippen LogP contribution in [-0.2, 0) is 0 Å². The van der Waals surface area contributed by atoms with E-state index in [0.29, 0.717) is 5.02 Å². The first-order valence-electron chi connectivity index (χ1n) is 4.17. The Morgan fingerprint density at radius 3 is 2.92 bits per heavy atom. The van der Waals surface area contributed by atoms with E-state index in [1.165, 1.54) is 0 Å². The van der Waals surface area contributed by atoms with Crippen LogP contribution in [0.2, 0.25) is 5.02 Å². The van der Waals surface area contributed by atoms with Crippen LogP contribution in [0.25, 0.3) is 0 Å². The van der Waals surface area contributed by atoms with E-state index in [1.807, 2.05) is 25.3 Å². The number of pyridine rings is 1. The lowest BCUT2D eigenvalue weighted by Gasteiger charge is -2.12. The number of nitrogens with one attached hydrogen (secondary N) is 1. The lowest BCUT2D eigenvalue weighted by Crippen LogP contribution is -2.16. The summed E-state index contributed by atoms with van der Waals surface area (Å²) in [7, 11) is 1.91. The minimum atomic E-state index is 0.231. The Balaban J connectivity index is 2.78. The molecule has 0 aliphatic carbocycles. The van der Waals surface area contributed by atoms with E-state index in [0.717, 1.165) is 12.1 Å².